The van der Waals surface area contributed by atoms with Crippen molar-refractivity contribution in [2.75, 3.05) is 0 Å². The predicted molar refractivity (Wildman–Crippen MR) is 64.1 cm³/mol. The van der Waals surface area contributed by atoms with E-state index in [1.807, 2.05) is 25.2 Å². The Morgan fingerprint density at radius 3 is 2.50 bits per heavy atom. The molecule has 0 bridgehead atoms. The van der Waals surface area contributed by atoms with Crippen LogP contribution >= 0.6 is 0 Å². The summed E-state index contributed by atoms with van der Waals surface area (Å²) in [5, 5.41) is 0. The zero-order chi connectivity index (χ0) is 10.6. The molecule has 1 rings (SSSR count). The second-order valence-corrected chi connectivity index (χ2v) is 3.34. The minimum absolute atomic E-state index is 1.00. The maximum Gasteiger partial charge on any atom is -0.0230 e. The van der Waals surface area contributed by atoms with Gasteiger partial charge >= 0.3 is 0 Å². The lowest BCUT2D eigenvalue weighted by Gasteiger charge is -2.05. The Kier molecular flexibility index (Phi) is 3.47. The normalized spacial score (nSPS) is 26.4. The molecule has 1 aliphatic rings. The Morgan fingerprint density at radius 1 is 1.14 bits per heavy atom. The average molecular weight is 184 g/mol. The van der Waals surface area contributed by atoms with E-state index < -0.39 is 0 Å². The summed E-state index contributed by atoms with van der Waals surface area (Å²) in [7, 11) is 0. The van der Waals surface area contributed by atoms with E-state index in [2.05, 4.69) is 38.3 Å². The average Bonchev–Trinajstić information content (AvgIpc) is 2.22. The lowest BCUT2D eigenvalue weighted by atomic mass is 10.00. The molecule has 1 aliphatic carbocycles. The van der Waals surface area contributed by atoms with E-state index in [-0.39, 0.29) is 0 Å². The van der Waals surface area contributed by atoms with Crippen LogP contribution in [-0.2, 0) is 0 Å². The second kappa shape index (κ2) is 4.61. The monoisotopic (exact) mass is 184 g/mol. The van der Waals surface area contributed by atoms with Crippen LogP contribution in [0.2, 0.25) is 0 Å². The fourth-order valence-electron chi connectivity index (χ4n) is 1.27. The van der Waals surface area contributed by atoms with Crippen LogP contribution in [0, 0.1) is 0 Å². The third-order valence-electron chi connectivity index (χ3n) is 2.27. The highest BCUT2D eigenvalue weighted by Crippen LogP contribution is 2.20. The first-order valence-corrected chi connectivity index (χ1v) is 4.73. The number of hydrogen-bond donors (Lipinski definition) is 0. The summed E-state index contributed by atoms with van der Waals surface area (Å²) in [6, 6.07) is 0. The molecule has 14 heavy (non-hydrogen) atoms. The summed E-state index contributed by atoms with van der Waals surface area (Å²) >= 11 is 0. The van der Waals surface area contributed by atoms with Gasteiger partial charge in [-0.1, -0.05) is 49.6 Å². The van der Waals surface area contributed by atoms with Gasteiger partial charge in [-0.25, -0.2) is 0 Å². The molecule has 0 heterocycles. The molecule has 0 aromatic rings. The van der Waals surface area contributed by atoms with Gasteiger partial charge in [0.05, 0.1) is 0 Å². The highest BCUT2D eigenvalue weighted by atomic mass is 14.1. The van der Waals surface area contributed by atoms with Gasteiger partial charge in [-0.15, -0.1) is 0 Å². The Morgan fingerprint density at radius 2 is 1.86 bits per heavy atom. The van der Waals surface area contributed by atoms with Gasteiger partial charge in [-0.05, 0) is 36.1 Å². The lowest BCUT2D eigenvalue weighted by molar-refractivity contribution is 1.38. The Hall–Kier alpha value is -1.56. The van der Waals surface area contributed by atoms with E-state index in [0.29, 0.717) is 0 Å². The van der Waals surface area contributed by atoms with Crippen molar-refractivity contribution in [1.82, 2.24) is 0 Å². The predicted octanol–water partition coefficient (Wildman–Crippen LogP) is 4.12. The highest BCUT2D eigenvalue weighted by molar-refractivity contribution is 5.52. The topological polar surface area (TPSA) is 0 Å². The summed E-state index contributed by atoms with van der Waals surface area (Å²) in [5.74, 6) is 0. The van der Waals surface area contributed by atoms with Gasteiger partial charge in [0.2, 0.25) is 0 Å². The van der Waals surface area contributed by atoms with E-state index in [1.54, 1.807) is 0 Å². The largest absolute Gasteiger partial charge is 0.0918 e. The molecule has 72 valence electrons. The Balaban J connectivity index is 3.16. The lowest BCUT2D eigenvalue weighted by Crippen LogP contribution is -1.86. The second-order valence-electron chi connectivity index (χ2n) is 3.34. The molecule has 0 nitrogen and oxygen atoms in total. The van der Waals surface area contributed by atoms with Gasteiger partial charge in [-0.2, -0.15) is 0 Å². The first-order chi connectivity index (χ1) is 6.65. The molecule has 0 unspecified atom stereocenters. The third kappa shape index (κ3) is 2.46. The summed E-state index contributed by atoms with van der Waals surface area (Å²) in [6.07, 6.45) is 12.2. The van der Waals surface area contributed by atoms with Crippen molar-refractivity contribution in [3.05, 3.63) is 71.9 Å². The summed E-state index contributed by atoms with van der Waals surface area (Å²) < 4.78 is 0. The van der Waals surface area contributed by atoms with Crippen molar-refractivity contribution in [3.8, 4) is 0 Å². The summed E-state index contributed by atoms with van der Waals surface area (Å²) in [5.41, 5.74) is 4.42. The first-order valence-electron chi connectivity index (χ1n) is 4.73. The highest BCUT2D eigenvalue weighted by Gasteiger charge is 2.00. The molecule has 0 aromatic heterocycles. The van der Waals surface area contributed by atoms with Crippen LogP contribution in [0.3, 0.4) is 0 Å². The van der Waals surface area contributed by atoms with Crippen molar-refractivity contribution < 1.29 is 0 Å². The van der Waals surface area contributed by atoms with Crippen LogP contribution in [0.4, 0.5) is 0 Å². The molecular weight excluding hydrogens is 168 g/mol. The minimum Gasteiger partial charge on any atom is -0.0918 e. The molecule has 0 saturated carbocycles. The molecule has 0 fully saturated rings. The zero-order valence-electron chi connectivity index (χ0n) is 8.88. The fraction of sp³-hybridized carbons (Fsp3) is 0.143. The van der Waals surface area contributed by atoms with E-state index in [1.165, 1.54) is 5.57 Å². The Labute approximate surface area is 86.3 Å². The van der Waals surface area contributed by atoms with Crippen LogP contribution < -0.4 is 0 Å². The standard InChI is InChI=1S/C14H16/c1-5-14-10-9-11(2)7-6-8-12(3)13(14)4/h5-10H,2,4H2,1,3H3/b7-6-,10-9?,12-8-,14-5-. The summed E-state index contributed by atoms with van der Waals surface area (Å²) in [4.78, 5) is 0. The van der Waals surface area contributed by atoms with Gasteiger partial charge in [0, 0.05) is 0 Å². The van der Waals surface area contributed by atoms with Crippen molar-refractivity contribution in [2.45, 2.75) is 13.8 Å². The van der Waals surface area contributed by atoms with Crippen molar-refractivity contribution in [3.63, 3.8) is 0 Å². The maximum absolute atomic E-state index is 4.06. The molecule has 0 atom stereocenters. The van der Waals surface area contributed by atoms with Crippen LogP contribution in [0.25, 0.3) is 0 Å². The van der Waals surface area contributed by atoms with Gasteiger partial charge in [0.25, 0.3) is 0 Å². The summed E-state index contributed by atoms with van der Waals surface area (Å²) in [6.45, 7) is 12.1. The maximum atomic E-state index is 4.06. The fourth-order valence-corrected chi connectivity index (χ4v) is 1.27. The molecule has 0 saturated heterocycles. The van der Waals surface area contributed by atoms with E-state index in [4.69, 9.17) is 0 Å². The number of allylic oxidation sites excluding steroid dienone is 10. The molecule has 0 aromatic carbocycles. The van der Waals surface area contributed by atoms with E-state index >= 15 is 0 Å². The van der Waals surface area contributed by atoms with Crippen LogP contribution in [-0.4, -0.2) is 0 Å². The minimum atomic E-state index is 1.00. The van der Waals surface area contributed by atoms with E-state index in [9.17, 15) is 0 Å². The van der Waals surface area contributed by atoms with Gasteiger partial charge in [-0.3, -0.25) is 0 Å². The van der Waals surface area contributed by atoms with Crippen molar-refractivity contribution in [1.29, 1.82) is 0 Å². The number of hydrogen-bond acceptors (Lipinski definition) is 0. The SMILES string of the molecule is C=C1C=C/C(=C/C)C(=C)/C(C)=C\C=C/1. The number of rotatable bonds is 0. The molecule has 0 aliphatic heterocycles. The third-order valence-corrected chi connectivity index (χ3v) is 2.27. The molecule has 0 radical (unpaired) electrons. The molecule has 0 N–H and O–H groups in total. The first kappa shape index (κ1) is 10.5. The van der Waals surface area contributed by atoms with Crippen molar-refractivity contribution in [2.24, 2.45) is 0 Å². The zero-order valence-corrected chi connectivity index (χ0v) is 8.88. The van der Waals surface area contributed by atoms with Crippen LogP contribution in [0.1, 0.15) is 13.8 Å². The smallest absolute Gasteiger partial charge is 0.0230 e. The Bertz CT molecular complexity index is 371. The quantitative estimate of drug-likeness (QED) is 0.531. The molecular formula is C14H16. The molecule has 0 spiro atoms. The van der Waals surface area contributed by atoms with E-state index in [0.717, 1.165) is 16.7 Å². The van der Waals surface area contributed by atoms with Crippen molar-refractivity contribution >= 4 is 0 Å². The van der Waals surface area contributed by atoms with Gasteiger partial charge in [0.15, 0.2) is 0 Å². The van der Waals surface area contributed by atoms with Gasteiger partial charge < -0.3 is 0 Å². The van der Waals surface area contributed by atoms with Crippen LogP contribution in [0.5, 0.6) is 0 Å². The molecule has 0 heteroatoms. The molecule has 0 amide bonds. The van der Waals surface area contributed by atoms with Gasteiger partial charge in [0.1, 0.15) is 0 Å². The van der Waals surface area contributed by atoms with Crippen LogP contribution in [0.15, 0.2) is 71.9 Å².